The van der Waals surface area contributed by atoms with Gasteiger partial charge in [-0.3, -0.25) is 4.98 Å². The molecular weight excluding hydrogens is 1450 g/mol. The third kappa shape index (κ3) is 52.4. The van der Waals surface area contributed by atoms with Crippen LogP contribution in [0.25, 0.3) is 0 Å². The van der Waals surface area contributed by atoms with Crippen molar-refractivity contribution in [3.63, 3.8) is 0 Å². The second-order valence-electron chi connectivity index (χ2n) is 26.6. The number of halogens is 11. The lowest BCUT2D eigenvalue weighted by molar-refractivity contribution is -0.137. The zero-order chi connectivity index (χ0) is 85.4. The van der Waals surface area contributed by atoms with Gasteiger partial charge in [-0.05, 0) is 224 Å². The van der Waals surface area contributed by atoms with Crippen LogP contribution in [0.4, 0.5) is 48.3 Å². The number of benzene rings is 13. The summed E-state index contributed by atoms with van der Waals surface area (Å²) in [7, 11) is 0. The van der Waals surface area contributed by atoms with E-state index >= 15 is 0 Å². The Kier molecular flexibility index (Phi) is 51.2. The molecule has 0 amide bonds. The van der Waals surface area contributed by atoms with Crippen LogP contribution in [0.5, 0.6) is 0 Å². The van der Waals surface area contributed by atoms with Gasteiger partial charge < -0.3 is 0 Å². The molecule has 1 aromatic heterocycles. The van der Waals surface area contributed by atoms with E-state index in [1.165, 1.54) is 122 Å². The second kappa shape index (κ2) is 58.2. The molecule has 13 aromatic carbocycles. The summed E-state index contributed by atoms with van der Waals surface area (Å²) in [6.45, 7) is 35.1. The maximum absolute atomic E-state index is 12.6. The molecule has 1 nitrogen and oxygen atoms in total. The Hall–Kier alpha value is -11.8. The molecule has 0 radical (unpaired) electrons. The Morgan fingerprint density at radius 3 is 0.667 bits per heavy atom. The van der Waals surface area contributed by atoms with E-state index in [2.05, 4.69) is 177 Å². The van der Waals surface area contributed by atoms with Crippen LogP contribution in [0.1, 0.15) is 106 Å². The lowest BCUT2D eigenvalue weighted by atomic mass is 10.1. The fourth-order valence-electron chi connectivity index (χ4n) is 8.59. The van der Waals surface area contributed by atoms with Gasteiger partial charge in [0, 0.05) is 30.6 Å². The van der Waals surface area contributed by atoms with Crippen molar-refractivity contribution in [2.24, 2.45) is 0 Å². The minimum atomic E-state index is -4.22. The van der Waals surface area contributed by atoms with Gasteiger partial charge in [0.1, 0.15) is 46.5 Å². The van der Waals surface area contributed by atoms with Gasteiger partial charge >= 0.3 is 6.18 Å². The van der Waals surface area contributed by atoms with Crippen LogP contribution < -0.4 is 0 Å². The molecule has 1 heterocycles. The average molecular weight is 1560 g/mol. The Bertz CT molecular complexity index is 4260. The van der Waals surface area contributed by atoms with E-state index in [9.17, 15) is 48.3 Å². The molecule has 0 unspecified atom stereocenters. The molecule has 0 aliphatic carbocycles. The number of rotatable bonds is 0. The van der Waals surface area contributed by atoms with Crippen LogP contribution in [-0.2, 0) is 6.18 Å². The van der Waals surface area contributed by atoms with Crippen molar-refractivity contribution in [3.8, 4) is 0 Å². The molecule has 14 rings (SSSR count). The summed E-state index contributed by atoms with van der Waals surface area (Å²) in [6.07, 6.45) is -0.642. The van der Waals surface area contributed by atoms with Gasteiger partial charge in [-0.15, -0.1) is 0 Å². The van der Waals surface area contributed by atoms with Crippen molar-refractivity contribution in [3.05, 3.63) is 492 Å². The molecule has 12 heteroatoms. The Morgan fingerprint density at radius 1 is 0.184 bits per heavy atom. The van der Waals surface area contributed by atoms with Crippen molar-refractivity contribution in [2.75, 3.05) is 0 Å². The molecule has 0 saturated heterocycles. The first kappa shape index (κ1) is 100. The Balaban J connectivity index is 0.000000615. The van der Waals surface area contributed by atoms with Gasteiger partial charge in [-0.1, -0.05) is 310 Å². The number of aryl methyl sites for hydroxylation is 17. The average Bonchev–Trinajstić information content (AvgIpc) is 0.861. The highest BCUT2D eigenvalue weighted by Crippen LogP contribution is 2.29. The van der Waals surface area contributed by atoms with E-state index < -0.39 is 46.6 Å². The minimum Gasteiger partial charge on any atom is -0.265 e. The normalized spacial score (nSPS) is 9.45. The zero-order valence-electron chi connectivity index (χ0n) is 68.9. The summed E-state index contributed by atoms with van der Waals surface area (Å²) in [6, 6.07) is 97.5. The summed E-state index contributed by atoms with van der Waals surface area (Å²) in [5.41, 5.74) is 19.0. The number of aromatic nitrogens is 1. The third-order valence-corrected chi connectivity index (χ3v) is 15.6. The van der Waals surface area contributed by atoms with Crippen LogP contribution in [0.3, 0.4) is 0 Å². The van der Waals surface area contributed by atoms with Gasteiger partial charge in [0.2, 0.25) is 0 Å². The maximum Gasteiger partial charge on any atom is 0.416 e. The van der Waals surface area contributed by atoms with Gasteiger partial charge in [-0.2, -0.15) is 13.2 Å². The van der Waals surface area contributed by atoms with Crippen molar-refractivity contribution in [1.29, 1.82) is 0 Å². The highest BCUT2D eigenvalue weighted by atomic mass is 19.4. The van der Waals surface area contributed by atoms with Crippen LogP contribution in [0, 0.1) is 171 Å². The Labute approximate surface area is 672 Å². The predicted octanol–water partition coefficient (Wildman–Crippen LogP) is 30.7. The molecular formula is C102H110F11N. The van der Waals surface area contributed by atoms with E-state index in [4.69, 9.17) is 0 Å². The molecule has 600 valence electrons. The zero-order valence-corrected chi connectivity index (χ0v) is 68.9. The standard InChI is InChI=1S/C9H12.C8H7F3.C8H8F2.C8H10.2C7H6F2.2C7H7F.5C7H8.C6H7N/c1-7-4-5-8(2)9(3)6-7;1-6-3-2-4-7(5-6)8(9,10)11;1-5-3-7(9)4-8(10)6(5)2;1-7-4-3-5-8(2)6-7;2*1-5-2-3-6(8)4-7(5)9;2*1-6-2-4-7(8)5-3-6;5*1-7-5-3-2-4-6-7;1-6-2-4-7-5-3-6/h4-6H,1-3H3;2-5H,1H3;3-4H,1-2H3;3-6H,1-2H3;2*2-4H,1H3;2*2-5H,1H3;5*2-6H,1H3;2-5H,1H3. The molecule has 14 aromatic rings. The maximum atomic E-state index is 12.6. The highest BCUT2D eigenvalue weighted by Gasteiger charge is 2.30. The van der Waals surface area contributed by atoms with Crippen molar-refractivity contribution in [2.45, 2.75) is 131 Å². The summed E-state index contributed by atoms with van der Waals surface area (Å²) >= 11 is 0. The van der Waals surface area contributed by atoms with E-state index in [0.29, 0.717) is 27.8 Å². The summed E-state index contributed by atoms with van der Waals surface area (Å²) in [5, 5.41) is 0. The van der Waals surface area contributed by atoms with Crippen LogP contribution in [-0.4, -0.2) is 4.98 Å². The first-order valence-electron chi connectivity index (χ1n) is 36.8. The Morgan fingerprint density at radius 2 is 0.447 bits per heavy atom. The molecule has 114 heavy (non-hydrogen) atoms. The molecule has 0 saturated carbocycles. The summed E-state index contributed by atoms with van der Waals surface area (Å²) in [4.78, 5) is 3.85. The third-order valence-electron chi connectivity index (χ3n) is 15.6. The molecule has 0 aliphatic rings. The fourth-order valence-corrected chi connectivity index (χ4v) is 8.59. The van der Waals surface area contributed by atoms with Crippen molar-refractivity contribution in [1.82, 2.24) is 4.98 Å². The van der Waals surface area contributed by atoms with Crippen molar-refractivity contribution >= 4 is 0 Å². The molecule has 0 atom stereocenters. The first-order valence-corrected chi connectivity index (χ1v) is 36.8. The number of alkyl halides is 3. The van der Waals surface area contributed by atoms with Gasteiger partial charge in [0.05, 0.1) is 5.56 Å². The monoisotopic (exact) mass is 1560 g/mol. The molecule has 0 spiro atoms. The van der Waals surface area contributed by atoms with Crippen LogP contribution >= 0.6 is 0 Å². The largest absolute Gasteiger partial charge is 0.416 e. The summed E-state index contributed by atoms with van der Waals surface area (Å²) in [5.74, 6) is -3.37. The topological polar surface area (TPSA) is 12.9 Å². The SMILES string of the molecule is Cc1cc(F)cc(F)c1C.Cc1ccc(C)c(C)c1.Cc1ccc(F)cc1.Cc1ccc(F)cc1.Cc1ccc(F)cc1F.Cc1ccc(F)cc1F.Cc1cccc(C(F)(F)F)c1.Cc1cccc(C)c1.Cc1ccccc1.Cc1ccccc1.Cc1ccccc1.Cc1ccccc1.Cc1ccccc1.Cc1ccncc1. The smallest absolute Gasteiger partial charge is 0.265 e. The summed E-state index contributed by atoms with van der Waals surface area (Å²) < 4.78 is 134. The molecule has 0 fully saturated rings. The highest BCUT2D eigenvalue weighted by molar-refractivity contribution is 5.30. The number of hydrogen-bond donors (Lipinski definition) is 0. The van der Waals surface area contributed by atoms with E-state index in [1.807, 2.05) is 124 Å². The van der Waals surface area contributed by atoms with Crippen LogP contribution in [0.2, 0.25) is 0 Å². The van der Waals surface area contributed by atoms with Gasteiger partial charge in [0.15, 0.2) is 0 Å². The predicted molar refractivity (Wildman–Crippen MR) is 458 cm³/mol. The van der Waals surface area contributed by atoms with Crippen molar-refractivity contribution < 1.29 is 48.3 Å². The lowest BCUT2D eigenvalue weighted by Crippen LogP contribution is -2.04. The molecule has 0 bridgehead atoms. The van der Waals surface area contributed by atoms with E-state index in [1.54, 1.807) is 77.3 Å². The van der Waals surface area contributed by atoms with Crippen LogP contribution in [0.15, 0.2) is 340 Å². The molecule has 0 aliphatic heterocycles. The number of hydrogen-bond acceptors (Lipinski definition) is 1. The fraction of sp³-hybridized carbons (Fsp3) is 0.186. The van der Waals surface area contributed by atoms with E-state index in [-0.39, 0.29) is 11.6 Å². The van der Waals surface area contributed by atoms with E-state index in [0.717, 1.165) is 41.5 Å². The number of nitrogens with zero attached hydrogens (tertiary/aromatic N) is 1. The quantitative estimate of drug-likeness (QED) is 0.138. The lowest BCUT2D eigenvalue weighted by Gasteiger charge is -2.05. The van der Waals surface area contributed by atoms with Gasteiger partial charge in [0.25, 0.3) is 0 Å². The number of pyridine rings is 1. The first-order chi connectivity index (χ1) is 53.9. The second-order valence-corrected chi connectivity index (χ2v) is 26.6. The minimum absolute atomic E-state index is 0.171. The molecule has 0 N–H and O–H groups in total. The van der Waals surface area contributed by atoms with Gasteiger partial charge in [-0.25, -0.2) is 35.1 Å².